The van der Waals surface area contributed by atoms with Gasteiger partial charge in [-0.2, -0.15) is 0 Å². The molecule has 0 saturated carbocycles. The van der Waals surface area contributed by atoms with E-state index in [0.717, 1.165) is 42.7 Å². The van der Waals surface area contributed by atoms with Gasteiger partial charge < -0.3 is 15.0 Å². The molecule has 1 aliphatic rings. The van der Waals surface area contributed by atoms with E-state index in [-0.39, 0.29) is 5.82 Å². The first-order valence-electron chi connectivity index (χ1n) is 7.17. The molecule has 1 aromatic heterocycles. The average Bonchev–Trinajstić information content (AvgIpc) is 2.79. The second-order valence-corrected chi connectivity index (χ2v) is 5.49. The van der Waals surface area contributed by atoms with Crippen LogP contribution >= 0.6 is 0 Å². The minimum atomic E-state index is -0.469. The summed E-state index contributed by atoms with van der Waals surface area (Å²) in [4.78, 5) is 4.68. The SMILES string of the molecule is CCCn1c(C2(N)CCOCC2)nc2ccc(F)cc21. The Kier molecular flexibility index (Phi) is 3.48. The fourth-order valence-corrected chi connectivity index (χ4v) is 2.89. The molecule has 0 aliphatic carbocycles. The molecule has 4 nitrogen and oxygen atoms in total. The molecule has 0 spiro atoms. The Morgan fingerprint density at radius 1 is 1.40 bits per heavy atom. The Morgan fingerprint density at radius 3 is 2.85 bits per heavy atom. The van der Waals surface area contributed by atoms with Crippen LogP contribution < -0.4 is 5.73 Å². The topological polar surface area (TPSA) is 53.1 Å². The van der Waals surface area contributed by atoms with Crippen LogP contribution in [0.3, 0.4) is 0 Å². The zero-order chi connectivity index (χ0) is 14.2. The molecule has 0 atom stereocenters. The summed E-state index contributed by atoms with van der Waals surface area (Å²) in [6, 6.07) is 4.72. The van der Waals surface area contributed by atoms with Crippen molar-refractivity contribution in [2.45, 2.75) is 38.3 Å². The van der Waals surface area contributed by atoms with Gasteiger partial charge in [0.25, 0.3) is 0 Å². The second kappa shape index (κ2) is 5.14. The van der Waals surface area contributed by atoms with Crippen molar-refractivity contribution in [3.8, 4) is 0 Å². The summed E-state index contributed by atoms with van der Waals surface area (Å²) >= 11 is 0. The summed E-state index contributed by atoms with van der Waals surface area (Å²) < 4.78 is 21.0. The van der Waals surface area contributed by atoms with Crippen LogP contribution in [-0.2, 0) is 16.8 Å². The van der Waals surface area contributed by atoms with E-state index in [4.69, 9.17) is 10.5 Å². The largest absolute Gasteiger partial charge is 0.381 e. The van der Waals surface area contributed by atoms with Crippen LogP contribution in [0.1, 0.15) is 32.0 Å². The molecule has 1 aliphatic heterocycles. The smallest absolute Gasteiger partial charge is 0.130 e. The number of rotatable bonds is 3. The predicted molar refractivity (Wildman–Crippen MR) is 75.9 cm³/mol. The van der Waals surface area contributed by atoms with Gasteiger partial charge in [0.2, 0.25) is 0 Å². The van der Waals surface area contributed by atoms with Crippen molar-refractivity contribution in [2.24, 2.45) is 5.73 Å². The Balaban J connectivity index is 2.15. The number of imidazole rings is 1. The van der Waals surface area contributed by atoms with E-state index in [0.29, 0.717) is 13.2 Å². The molecule has 0 bridgehead atoms. The number of aryl methyl sites for hydroxylation is 1. The average molecular weight is 277 g/mol. The zero-order valence-corrected chi connectivity index (χ0v) is 11.7. The molecule has 1 aromatic carbocycles. The molecule has 1 fully saturated rings. The highest BCUT2D eigenvalue weighted by Crippen LogP contribution is 2.31. The molecule has 5 heteroatoms. The van der Waals surface area contributed by atoms with E-state index in [1.807, 2.05) is 0 Å². The maximum atomic E-state index is 13.5. The van der Waals surface area contributed by atoms with Crippen LogP contribution in [0.15, 0.2) is 18.2 Å². The quantitative estimate of drug-likeness (QED) is 0.938. The van der Waals surface area contributed by atoms with E-state index in [2.05, 4.69) is 16.5 Å². The van der Waals surface area contributed by atoms with Crippen LogP contribution in [0.25, 0.3) is 11.0 Å². The summed E-state index contributed by atoms with van der Waals surface area (Å²) in [7, 11) is 0. The fraction of sp³-hybridized carbons (Fsp3) is 0.533. The van der Waals surface area contributed by atoms with E-state index in [1.54, 1.807) is 12.1 Å². The van der Waals surface area contributed by atoms with Gasteiger partial charge in [0.15, 0.2) is 0 Å². The van der Waals surface area contributed by atoms with Crippen molar-refractivity contribution in [1.29, 1.82) is 0 Å². The van der Waals surface area contributed by atoms with Crippen LogP contribution in [0.2, 0.25) is 0 Å². The lowest BCUT2D eigenvalue weighted by atomic mass is 9.90. The first-order chi connectivity index (χ1) is 9.64. The number of ether oxygens (including phenoxy) is 1. The van der Waals surface area contributed by atoms with Gasteiger partial charge in [0.05, 0.1) is 16.6 Å². The van der Waals surface area contributed by atoms with Crippen LogP contribution in [0.4, 0.5) is 4.39 Å². The molecule has 2 N–H and O–H groups in total. The standard InChI is InChI=1S/C15H20FN3O/c1-2-7-19-13-10-11(16)3-4-12(13)18-14(19)15(17)5-8-20-9-6-15/h3-4,10H,2,5-9,17H2,1H3. The molecule has 20 heavy (non-hydrogen) atoms. The summed E-state index contributed by atoms with van der Waals surface area (Å²) in [6.07, 6.45) is 2.46. The molecule has 0 radical (unpaired) electrons. The first kappa shape index (κ1) is 13.5. The number of nitrogens with two attached hydrogens (primary N) is 1. The molecule has 2 heterocycles. The van der Waals surface area contributed by atoms with Crippen molar-refractivity contribution in [3.05, 3.63) is 29.8 Å². The first-order valence-corrected chi connectivity index (χ1v) is 7.17. The van der Waals surface area contributed by atoms with Gasteiger partial charge in [-0.3, -0.25) is 0 Å². The molecule has 2 aromatic rings. The second-order valence-electron chi connectivity index (χ2n) is 5.49. The predicted octanol–water partition coefficient (Wildman–Crippen LogP) is 2.55. The van der Waals surface area contributed by atoms with Crippen molar-refractivity contribution in [1.82, 2.24) is 9.55 Å². The fourth-order valence-electron chi connectivity index (χ4n) is 2.89. The minimum Gasteiger partial charge on any atom is -0.381 e. The highest BCUT2D eigenvalue weighted by molar-refractivity contribution is 5.76. The number of aromatic nitrogens is 2. The highest BCUT2D eigenvalue weighted by atomic mass is 19.1. The minimum absolute atomic E-state index is 0.237. The van der Waals surface area contributed by atoms with Crippen LogP contribution in [0, 0.1) is 5.82 Å². The number of halogens is 1. The maximum Gasteiger partial charge on any atom is 0.130 e. The van der Waals surface area contributed by atoms with Gasteiger partial charge in [-0.15, -0.1) is 0 Å². The Labute approximate surface area is 117 Å². The third-order valence-electron chi connectivity index (χ3n) is 3.99. The molecule has 108 valence electrons. The molecule has 0 amide bonds. The van der Waals surface area contributed by atoms with E-state index in [9.17, 15) is 4.39 Å². The number of fused-ring (bicyclic) bond motifs is 1. The lowest BCUT2D eigenvalue weighted by molar-refractivity contribution is 0.0480. The Morgan fingerprint density at radius 2 is 2.15 bits per heavy atom. The van der Waals surface area contributed by atoms with Gasteiger partial charge in [-0.25, -0.2) is 9.37 Å². The lowest BCUT2D eigenvalue weighted by Crippen LogP contribution is -2.44. The normalized spacial score (nSPS) is 18.6. The number of hydrogen-bond donors (Lipinski definition) is 1. The van der Waals surface area contributed by atoms with Crippen molar-refractivity contribution < 1.29 is 9.13 Å². The molecule has 3 rings (SSSR count). The number of nitrogens with zero attached hydrogens (tertiary/aromatic N) is 2. The maximum absolute atomic E-state index is 13.5. The van der Waals surface area contributed by atoms with Gasteiger partial charge in [0, 0.05) is 19.8 Å². The third kappa shape index (κ3) is 2.21. The van der Waals surface area contributed by atoms with Gasteiger partial charge in [0.1, 0.15) is 11.6 Å². The number of benzene rings is 1. The number of hydrogen-bond acceptors (Lipinski definition) is 3. The van der Waals surface area contributed by atoms with Gasteiger partial charge in [-0.1, -0.05) is 6.92 Å². The molecule has 1 saturated heterocycles. The van der Waals surface area contributed by atoms with E-state index in [1.165, 1.54) is 6.07 Å². The van der Waals surface area contributed by atoms with Crippen LogP contribution in [-0.4, -0.2) is 22.8 Å². The van der Waals surface area contributed by atoms with Crippen molar-refractivity contribution in [2.75, 3.05) is 13.2 Å². The van der Waals surface area contributed by atoms with E-state index < -0.39 is 5.54 Å². The van der Waals surface area contributed by atoms with Gasteiger partial charge >= 0.3 is 0 Å². The van der Waals surface area contributed by atoms with E-state index >= 15 is 0 Å². The highest BCUT2D eigenvalue weighted by Gasteiger charge is 2.35. The third-order valence-corrected chi connectivity index (χ3v) is 3.99. The summed E-state index contributed by atoms with van der Waals surface area (Å²) in [5, 5.41) is 0. The van der Waals surface area contributed by atoms with Crippen molar-refractivity contribution >= 4 is 11.0 Å². The summed E-state index contributed by atoms with van der Waals surface area (Å²) in [5.74, 6) is 0.627. The Bertz CT molecular complexity index is 617. The molecular formula is C15H20FN3O. The van der Waals surface area contributed by atoms with Crippen LogP contribution in [0.5, 0.6) is 0 Å². The summed E-state index contributed by atoms with van der Waals surface area (Å²) in [5.41, 5.74) is 7.73. The molecule has 0 unspecified atom stereocenters. The lowest BCUT2D eigenvalue weighted by Gasteiger charge is -2.33. The summed E-state index contributed by atoms with van der Waals surface area (Å²) in [6.45, 7) is 4.21. The monoisotopic (exact) mass is 277 g/mol. The zero-order valence-electron chi connectivity index (χ0n) is 11.7. The van der Waals surface area contributed by atoms with Crippen molar-refractivity contribution in [3.63, 3.8) is 0 Å². The van der Waals surface area contributed by atoms with Gasteiger partial charge in [-0.05, 0) is 37.5 Å². The Hall–Kier alpha value is -1.46. The molecular weight excluding hydrogens is 257 g/mol.